The van der Waals surface area contributed by atoms with Crippen molar-refractivity contribution in [3.8, 4) is 0 Å². The van der Waals surface area contributed by atoms with Gasteiger partial charge in [0.05, 0.1) is 0 Å². The number of carbonyl (C=O) groups is 1. The molecule has 1 fully saturated rings. The fourth-order valence-electron chi connectivity index (χ4n) is 2.59. The second-order valence-electron chi connectivity index (χ2n) is 6.09. The van der Waals surface area contributed by atoms with Crippen LogP contribution in [0.3, 0.4) is 0 Å². The van der Waals surface area contributed by atoms with Crippen LogP contribution in [-0.2, 0) is 4.79 Å². The van der Waals surface area contributed by atoms with Crippen molar-refractivity contribution in [1.29, 1.82) is 0 Å². The van der Waals surface area contributed by atoms with E-state index in [4.69, 9.17) is 0 Å². The third-order valence-corrected chi connectivity index (χ3v) is 4.00. The van der Waals surface area contributed by atoms with Crippen molar-refractivity contribution in [2.24, 2.45) is 0 Å². The van der Waals surface area contributed by atoms with E-state index in [1.165, 1.54) is 5.56 Å². The van der Waals surface area contributed by atoms with Crippen LogP contribution in [0, 0.1) is 13.8 Å². The Kier molecular flexibility index (Phi) is 4.14. The third-order valence-electron chi connectivity index (χ3n) is 4.00. The zero-order valence-corrected chi connectivity index (χ0v) is 13.1. The molecule has 1 aliphatic carbocycles. The second-order valence-corrected chi connectivity index (χ2v) is 6.09. The van der Waals surface area contributed by atoms with Gasteiger partial charge in [-0.15, -0.1) is 0 Å². The Balaban J connectivity index is 1.85. The van der Waals surface area contributed by atoms with Gasteiger partial charge in [0.2, 0.25) is 5.91 Å². The Morgan fingerprint density at radius 1 is 1.09 bits per heavy atom. The summed E-state index contributed by atoms with van der Waals surface area (Å²) in [6.45, 7) is 4.14. The smallest absolute Gasteiger partial charge is 0.247 e. The summed E-state index contributed by atoms with van der Waals surface area (Å²) < 4.78 is 0. The fraction of sp³-hybridized carbons (Fsp3) is 0.316. The van der Waals surface area contributed by atoms with Crippen LogP contribution in [0.2, 0.25) is 0 Å². The number of rotatable bonds is 5. The molecule has 0 radical (unpaired) electrons. The first-order valence-electron chi connectivity index (χ1n) is 7.82. The van der Waals surface area contributed by atoms with Crippen molar-refractivity contribution in [1.82, 2.24) is 5.32 Å². The molecule has 3 heteroatoms. The van der Waals surface area contributed by atoms with Crippen LogP contribution in [0.5, 0.6) is 0 Å². The van der Waals surface area contributed by atoms with Crippen LogP contribution < -0.4 is 10.6 Å². The first-order valence-corrected chi connectivity index (χ1v) is 7.82. The van der Waals surface area contributed by atoms with Crippen LogP contribution >= 0.6 is 0 Å². The van der Waals surface area contributed by atoms with Gasteiger partial charge in [-0.25, -0.2) is 0 Å². The van der Waals surface area contributed by atoms with Gasteiger partial charge in [0, 0.05) is 11.7 Å². The Morgan fingerprint density at radius 3 is 2.45 bits per heavy atom. The van der Waals surface area contributed by atoms with Gasteiger partial charge in [0.15, 0.2) is 0 Å². The lowest BCUT2D eigenvalue weighted by Gasteiger charge is -2.21. The minimum absolute atomic E-state index is 0.0497. The monoisotopic (exact) mass is 294 g/mol. The van der Waals surface area contributed by atoms with Crippen molar-refractivity contribution in [2.75, 3.05) is 5.32 Å². The van der Waals surface area contributed by atoms with E-state index in [2.05, 4.69) is 36.6 Å². The van der Waals surface area contributed by atoms with E-state index in [0.29, 0.717) is 6.04 Å². The standard InChI is InChI=1S/C19H22N2O/c1-13-8-11-17(14(2)12-13)21-18(15-6-4-3-5-7-15)19(22)20-16-9-10-16/h3-8,11-12,16,18,21H,9-10H2,1-2H3,(H,20,22)/t18-/m1/s1. The highest BCUT2D eigenvalue weighted by molar-refractivity contribution is 5.86. The van der Waals surface area contributed by atoms with Gasteiger partial charge in [-0.2, -0.15) is 0 Å². The molecule has 3 nitrogen and oxygen atoms in total. The summed E-state index contributed by atoms with van der Waals surface area (Å²) in [6.07, 6.45) is 2.19. The zero-order valence-electron chi connectivity index (χ0n) is 13.1. The normalized spacial score (nSPS) is 15.2. The lowest BCUT2D eigenvalue weighted by Crippen LogP contribution is -2.35. The number of anilines is 1. The fourth-order valence-corrected chi connectivity index (χ4v) is 2.59. The molecule has 22 heavy (non-hydrogen) atoms. The summed E-state index contributed by atoms with van der Waals surface area (Å²) >= 11 is 0. The molecule has 0 spiro atoms. The zero-order chi connectivity index (χ0) is 15.5. The van der Waals surface area contributed by atoms with Gasteiger partial charge in [0.25, 0.3) is 0 Å². The van der Waals surface area contributed by atoms with Crippen molar-refractivity contribution in [2.45, 2.75) is 38.8 Å². The Morgan fingerprint density at radius 2 is 1.82 bits per heavy atom. The molecule has 2 N–H and O–H groups in total. The van der Waals surface area contributed by atoms with Gasteiger partial charge in [-0.3, -0.25) is 4.79 Å². The molecule has 1 atom stereocenters. The summed E-state index contributed by atoms with van der Waals surface area (Å²) in [5, 5.41) is 6.51. The molecule has 0 bridgehead atoms. The largest absolute Gasteiger partial charge is 0.370 e. The van der Waals surface area contributed by atoms with Crippen LogP contribution in [0.1, 0.15) is 35.6 Å². The van der Waals surface area contributed by atoms with E-state index in [1.54, 1.807) is 0 Å². The quantitative estimate of drug-likeness (QED) is 0.882. The van der Waals surface area contributed by atoms with Gasteiger partial charge in [-0.05, 0) is 43.9 Å². The minimum Gasteiger partial charge on any atom is -0.370 e. The second kappa shape index (κ2) is 6.22. The first-order chi connectivity index (χ1) is 10.6. The molecule has 0 unspecified atom stereocenters. The average molecular weight is 294 g/mol. The summed E-state index contributed by atoms with van der Waals surface area (Å²) in [4.78, 5) is 12.6. The molecule has 0 saturated heterocycles. The lowest BCUT2D eigenvalue weighted by atomic mass is 10.0. The van der Waals surface area contributed by atoms with Crippen LogP contribution in [-0.4, -0.2) is 11.9 Å². The number of aryl methyl sites for hydroxylation is 2. The predicted octanol–water partition coefficient (Wildman–Crippen LogP) is 3.74. The molecule has 114 valence electrons. The highest BCUT2D eigenvalue weighted by Crippen LogP contribution is 2.25. The Hall–Kier alpha value is -2.29. The predicted molar refractivity (Wildman–Crippen MR) is 89.9 cm³/mol. The summed E-state index contributed by atoms with van der Waals surface area (Å²) in [5.74, 6) is 0.0497. The van der Waals surface area contributed by atoms with E-state index in [0.717, 1.165) is 29.7 Å². The highest BCUT2D eigenvalue weighted by atomic mass is 16.2. The molecular weight excluding hydrogens is 272 g/mol. The molecule has 3 rings (SSSR count). The summed E-state index contributed by atoms with van der Waals surface area (Å²) in [7, 11) is 0. The topological polar surface area (TPSA) is 41.1 Å². The maximum absolute atomic E-state index is 12.6. The maximum atomic E-state index is 12.6. The summed E-state index contributed by atoms with van der Waals surface area (Å²) in [6, 6.07) is 16.1. The highest BCUT2D eigenvalue weighted by Gasteiger charge is 2.28. The Bertz CT molecular complexity index is 662. The number of benzene rings is 2. The molecule has 0 aromatic heterocycles. The van der Waals surface area contributed by atoms with Gasteiger partial charge in [0.1, 0.15) is 6.04 Å². The van der Waals surface area contributed by atoms with Crippen molar-refractivity contribution in [3.05, 3.63) is 65.2 Å². The minimum atomic E-state index is -0.358. The van der Waals surface area contributed by atoms with Crippen molar-refractivity contribution < 1.29 is 4.79 Å². The van der Waals surface area contributed by atoms with Crippen molar-refractivity contribution >= 4 is 11.6 Å². The average Bonchev–Trinajstić information content (AvgIpc) is 3.31. The molecular formula is C19H22N2O. The van der Waals surface area contributed by atoms with Crippen LogP contribution in [0.4, 0.5) is 5.69 Å². The van der Waals surface area contributed by atoms with Crippen LogP contribution in [0.25, 0.3) is 0 Å². The van der Waals surface area contributed by atoms with E-state index in [1.807, 2.05) is 36.4 Å². The summed E-state index contributed by atoms with van der Waals surface area (Å²) in [5.41, 5.74) is 4.37. The molecule has 0 heterocycles. The number of carbonyl (C=O) groups excluding carboxylic acids is 1. The number of amides is 1. The van der Waals surface area contributed by atoms with Crippen LogP contribution in [0.15, 0.2) is 48.5 Å². The Labute approximate surface area is 131 Å². The molecule has 2 aromatic rings. The van der Waals surface area contributed by atoms with E-state index < -0.39 is 0 Å². The van der Waals surface area contributed by atoms with E-state index >= 15 is 0 Å². The van der Waals surface area contributed by atoms with E-state index in [-0.39, 0.29) is 11.9 Å². The number of hydrogen-bond acceptors (Lipinski definition) is 2. The van der Waals surface area contributed by atoms with Gasteiger partial charge in [-0.1, -0.05) is 48.0 Å². The molecule has 0 aliphatic heterocycles. The third kappa shape index (κ3) is 3.48. The molecule has 2 aromatic carbocycles. The number of hydrogen-bond donors (Lipinski definition) is 2. The maximum Gasteiger partial charge on any atom is 0.247 e. The lowest BCUT2D eigenvalue weighted by molar-refractivity contribution is -0.122. The first kappa shape index (κ1) is 14.6. The molecule has 1 saturated carbocycles. The van der Waals surface area contributed by atoms with Gasteiger partial charge >= 0.3 is 0 Å². The molecule has 1 amide bonds. The SMILES string of the molecule is Cc1ccc(N[C@@H](C(=O)NC2CC2)c2ccccc2)c(C)c1. The van der Waals surface area contributed by atoms with Gasteiger partial charge < -0.3 is 10.6 Å². The molecule has 1 aliphatic rings. The van der Waals surface area contributed by atoms with Crippen molar-refractivity contribution in [3.63, 3.8) is 0 Å². The van der Waals surface area contributed by atoms with E-state index in [9.17, 15) is 4.79 Å². The number of nitrogens with one attached hydrogen (secondary N) is 2.